The van der Waals surface area contributed by atoms with Gasteiger partial charge >= 0.3 is 23.5 Å². The summed E-state index contributed by atoms with van der Waals surface area (Å²) in [6.07, 6.45) is -7.47. The number of carbonyl (C=O) groups excluding carboxylic acids is 3. The van der Waals surface area contributed by atoms with Crippen LogP contribution >= 0.6 is 35.2 Å². The average Bonchev–Trinajstić information content (AvgIpc) is 4.06. The van der Waals surface area contributed by atoms with E-state index in [1.807, 2.05) is 48.5 Å². The van der Waals surface area contributed by atoms with Crippen LogP contribution in [0.1, 0.15) is 39.0 Å². The molecule has 418 valence electrons. The van der Waals surface area contributed by atoms with Crippen LogP contribution in [0.15, 0.2) is 85.5 Å². The molecule has 27 nitrogen and oxygen atoms in total. The number of imidazole rings is 1. The summed E-state index contributed by atoms with van der Waals surface area (Å²) >= 11 is 1.000. The number of aliphatic hydroxyl groups excluding tert-OH is 2. The molecule has 1 aliphatic heterocycles. The summed E-state index contributed by atoms with van der Waals surface area (Å²) in [6.45, 7) is 3.52. The number of nitrogens with zero attached hydrogens (tertiary/aromatic N) is 5. The van der Waals surface area contributed by atoms with Crippen molar-refractivity contribution in [3.63, 3.8) is 0 Å². The monoisotopic (exact) mass is 1150 g/mol. The van der Waals surface area contributed by atoms with Crippen LogP contribution in [0.3, 0.4) is 0 Å². The molecule has 0 bridgehead atoms. The molecule has 3 aromatic heterocycles. The van der Waals surface area contributed by atoms with Gasteiger partial charge in [0.25, 0.3) is 0 Å². The molecule has 6 aromatic rings. The Morgan fingerprint density at radius 1 is 0.896 bits per heavy atom. The third kappa shape index (κ3) is 15.8. The first kappa shape index (κ1) is 59.4. The number of rotatable bonds is 28. The van der Waals surface area contributed by atoms with Gasteiger partial charge in [0, 0.05) is 65.5 Å². The lowest BCUT2D eigenvalue weighted by molar-refractivity contribution is -0.137. The number of phosphoric acid groups is 3. The number of hydrogen-bond acceptors (Lipinski definition) is 20. The molecule has 0 aliphatic carbocycles. The highest BCUT2D eigenvalue weighted by molar-refractivity contribution is 8.13. The van der Waals surface area contributed by atoms with Crippen LogP contribution in [0.5, 0.6) is 5.75 Å². The maximum absolute atomic E-state index is 13.2. The molecule has 0 saturated carbocycles. The number of aromatic nitrogens is 5. The van der Waals surface area contributed by atoms with Crippen LogP contribution in [0, 0.1) is 5.41 Å². The van der Waals surface area contributed by atoms with E-state index in [1.54, 1.807) is 6.92 Å². The van der Waals surface area contributed by atoms with Gasteiger partial charge in [0.1, 0.15) is 54.7 Å². The van der Waals surface area contributed by atoms with Gasteiger partial charge in [0.2, 0.25) is 16.9 Å². The van der Waals surface area contributed by atoms with Crippen molar-refractivity contribution in [2.75, 3.05) is 51.0 Å². The van der Waals surface area contributed by atoms with Crippen LogP contribution in [-0.4, -0.2) is 147 Å². The lowest BCUT2D eigenvalue weighted by Crippen LogP contribution is -2.46. The minimum absolute atomic E-state index is 0.0239. The van der Waals surface area contributed by atoms with E-state index in [4.69, 9.17) is 29.0 Å². The first-order valence-electron chi connectivity index (χ1n) is 23.8. The Balaban J connectivity index is 0.787. The molecule has 8 atom stereocenters. The predicted octanol–water partition coefficient (Wildman–Crippen LogP) is 3.50. The van der Waals surface area contributed by atoms with Gasteiger partial charge in [0.05, 0.1) is 26.1 Å². The first-order valence-corrected chi connectivity index (χ1v) is 29.3. The van der Waals surface area contributed by atoms with E-state index in [-0.39, 0.29) is 47.4 Å². The summed E-state index contributed by atoms with van der Waals surface area (Å²) in [7, 11) is -16.5. The zero-order valence-electron chi connectivity index (χ0n) is 41.7. The number of nitrogens with one attached hydrogen (secondary N) is 2. The van der Waals surface area contributed by atoms with E-state index in [9.17, 15) is 57.9 Å². The molecule has 7 rings (SSSR count). The Bertz CT molecular complexity index is 3130. The number of ether oxygens (including phenoxy) is 3. The third-order valence-electron chi connectivity index (χ3n) is 12.0. The Hall–Kier alpha value is -5.22. The first-order chi connectivity index (χ1) is 36.5. The number of fused-ring (bicyclic) bond motifs is 4. The number of hydrogen-bond donors (Lipinski definition) is 9. The zero-order valence-corrected chi connectivity index (χ0v) is 45.2. The lowest BCUT2D eigenvalue weighted by atomic mass is 9.87. The second kappa shape index (κ2) is 25.7. The highest BCUT2D eigenvalue weighted by Gasteiger charge is 2.50. The molecule has 0 radical (unpaired) electrons. The van der Waals surface area contributed by atoms with Gasteiger partial charge in [0.15, 0.2) is 17.7 Å². The number of amides is 2. The number of nitrogens with two attached hydrogens (primary N) is 1. The van der Waals surface area contributed by atoms with Crippen molar-refractivity contribution in [2.24, 2.45) is 5.41 Å². The van der Waals surface area contributed by atoms with Crippen LogP contribution in [0.4, 0.5) is 5.82 Å². The van der Waals surface area contributed by atoms with E-state index in [2.05, 4.69) is 63.3 Å². The van der Waals surface area contributed by atoms with Gasteiger partial charge in [-0.25, -0.2) is 28.6 Å². The van der Waals surface area contributed by atoms with Crippen molar-refractivity contribution in [1.29, 1.82) is 0 Å². The van der Waals surface area contributed by atoms with E-state index in [0.29, 0.717) is 31.9 Å². The van der Waals surface area contributed by atoms with Crippen molar-refractivity contribution in [3.8, 4) is 5.75 Å². The summed E-state index contributed by atoms with van der Waals surface area (Å²) in [6, 6.07) is 24.0. The third-order valence-corrected chi connectivity index (χ3v) is 16.0. The number of carbonyl (C=O) groups is 3. The Kier molecular flexibility index (Phi) is 19.8. The fourth-order valence-electron chi connectivity index (χ4n) is 8.22. The number of anilines is 1. The molecular formula is C46H59N8O19P3S. The van der Waals surface area contributed by atoms with E-state index in [0.717, 1.165) is 45.6 Å². The summed E-state index contributed by atoms with van der Waals surface area (Å²) in [5.74, 6) is -0.603. The maximum Gasteiger partial charge on any atom is 0.481 e. The molecule has 31 heteroatoms. The summed E-state index contributed by atoms with van der Waals surface area (Å²) in [5, 5.41) is 28.9. The number of phosphoric ester groups is 3. The minimum Gasteiger partial charge on any atom is -0.492 e. The summed E-state index contributed by atoms with van der Waals surface area (Å²) in [5.41, 5.74) is 7.39. The van der Waals surface area contributed by atoms with Gasteiger partial charge in [-0.05, 0) is 36.8 Å². The fourth-order valence-corrected chi connectivity index (χ4v) is 11.8. The van der Waals surface area contributed by atoms with Crippen LogP contribution < -0.4 is 21.1 Å². The topological polar surface area (TPSA) is 387 Å². The van der Waals surface area contributed by atoms with Crippen molar-refractivity contribution >= 4 is 90.9 Å². The number of benzene rings is 3. The standard InChI is InChI=1S/C46H59N8O19P3S/c1-4-67-34(23-28-13-15-29(16-14-28)68-21-20-53-32-11-7-5-9-30(32)31-10-6-8-12-33(31)53)45(59)77-22-19-48-36(55)17-18-49-43(58)40(57)46(2,3)25-70-76(65,66)73-75(63,64)69-24-35-39(72-74(60,61)62)38(56)44(71-35)54-27-52-37-41(47)50-26-51-42(37)54/h5-16,26-27,34-35,38-40,44,56-57H,4,17-25H2,1-3H3,(H,48,55)(H,49,58)(H,63,64)(H,65,66)(H2,47,50,51)(H2,60,61,62). The fraction of sp³-hybridized carbons (Fsp3) is 0.435. The normalized spacial score (nSPS) is 19.4. The molecule has 77 heavy (non-hydrogen) atoms. The highest BCUT2D eigenvalue weighted by Crippen LogP contribution is 2.61. The van der Waals surface area contributed by atoms with E-state index in [1.165, 1.54) is 24.6 Å². The Morgan fingerprint density at radius 3 is 2.22 bits per heavy atom. The van der Waals surface area contributed by atoms with Crippen LogP contribution in [-0.2, 0) is 68.4 Å². The van der Waals surface area contributed by atoms with E-state index < -0.39 is 90.7 Å². The summed E-state index contributed by atoms with van der Waals surface area (Å²) in [4.78, 5) is 89.9. The predicted molar refractivity (Wildman–Crippen MR) is 278 cm³/mol. The molecule has 3 aromatic carbocycles. The Labute approximate surface area is 444 Å². The zero-order chi connectivity index (χ0) is 55.7. The molecular weight excluding hydrogens is 1090 g/mol. The van der Waals surface area contributed by atoms with Gasteiger partial charge in [-0.3, -0.25) is 32.5 Å². The van der Waals surface area contributed by atoms with Crippen LogP contribution in [0.25, 0.3) is 33.0 Å². The molecule has 1 saturated heterocycles. The van der Waals surface area contributed by atoms with Gasteiger partial charge in [-0.1, -0.05) is 74.1 Å². The van der Waals surface area contributed by atoms with E-state index >= 15 is 0 Å². The largest absolute Gasteiger partial charge is 0.492 e. The number of thioether (sulfide) groups is 1. The SMILES string of the molecule is CCOC(Cc1ccc(OCCn2c3ccccc3c3ccccc32)cc1)C(=O)SCCNC(=O)CCNC(=O)C(O)C(C)(C)COP(=O)(O)OP(=O)(O)OCC1OC(n2cnc3c(N)ncnc32)C(O)C1OP(=O)(O)O. The quantitative estimate of drug-likeness (QED) is 0.0251. The smallest absolute Gasteiger partial charge is 0.481 e. The number of aliphatic hydroxyl groups is 2. The van der Waals surface area contributed by atoms with Crippen molar-refractivity contribution in [3.05, 3.63) is 91.0 Å². The van der Waals surface area contributed by atoms with Crippen molar-refractivity contribution in [1.82, 2.24) is 34.7 Å². The van der Waals surface area contributed by atoms with Crippen LogP contribution in [0.2, 0.25) is 0 Å². The number of para-hydroxylation sites is 2. The van der Waals surface area contributed by atoms with Crippen molar-refractivity contribution < 1.29 is 90.0 Å². The lowest BCUT2D eigenvalue weighted by Gasteiger charge is -2.30. The second-order valence-electron chi connectivity index (χ2n) is 18.1. The van der Waals surface area contributed by atoms with Gasteiger partial charge in [-0.15, -0.1) is 0 Å². The van der Waals surface area contributed by atoms with Crippen molar-refractivity contribution in [2.45, 2.75) is 76.9 Å². The highest BCUT2D eigenvalue weighted by atomic mass is 32.2. The molecule has 1 aliphatic rings. The molecule has 1 fully saturated rings. The van der Waals surface area contributed by atoms with Gasteiger partial charge in [-0.2, -0.15) is 4.31 Å². The molecule has 2 amide bonds. The molecule has 0 spiro atoms. The number of nitrogen functional groups attached to an aromatic ring is 1. The summed E-state index contributed by atoms with van der Waals surface area (Å²) < 4.78 is 76.8. The van der Waals surface area contributed by atoms with Gasteiger partial charge < -0.3 is 64.9 Å². The molecule has 8 unspecified atom stereocenters. The molecule has 4 heterocycles. The molecule has 10 N–H and O–H groups in total. The average molecular weight is 1150 g/mol. The maximum atomic E-state index is 13.2. The second-order valence-corrected chi connectivity index (χ2v) is 23.4. The Morgan fingerprint density at radius 2 is 1.56 bits per heavy atom. The minimum atomic E-state index is -5.61.